The molecule has 4 N–H and O–H groups in total. The predicted molar refractivity (Wildman–Crippen MR) is 118 cm³/mol. The van der Waals surface area contributed by atoms with E-state index in [0.717, 1.165) is 6.42 Å². The number of carbonyl (C=O) groups is 1. The lowest BCUT2D eigenvalue weighted by molar-refractivity contribution is -0.260. The smallest absolute Gasteiger partial charge is 0.342 e. The summed E-state index contributed by atoms with van der Waals surface area (Å²) in [6.45, 7) is 7.08. The summed E-state index contributed by atoms with van der Waals surface area (Å²) in [6.07, 6.45) is 1.34. The van der Waals surface area contributed by atoms with Crippen molar-refractivity contribution in [3.05, 3.63) is 33.9 Å². The Morgan fingerprint density at radius 1 is 1.28 bits per heavy atom. The van der Waals surface area contributed by atoms with Gasteiger partial charge in [0, 0.05) is 17.4 Å². The predicted octanol–water partition coefficient (Wildman–Crippen LogP) is 2.98. The first-order chi connectivity index (χ1) is 14.8. The van der Waals surface area contributed by atoms with Crippen molar-refractivity contribution in [1.29, 1.82) is 0 Å². The van der Waals surface area contributed by atoms with E-state index in [1.807, 2.05) is 26.8 Å². The molecule has 0 amide bonds. The maximum Gasteiger partial charge on any atom is 0.342 e. The molecule has 1 aromatic rings. The number of fused-ring (bicyclic) bond motifs is 3. The van der Waals surface area contributed by atoms with E-state index < -0.39 is 29.2 Å². The molecule has 0 saturated heterocycles. The minimum atomic E-state index is -1.61. The van der Waals surface area contributed by atoms with Gasteiger partial charge in [-0.2, -0.15) is 0 Å². The van der Waals surface area contributed by atoms with Gasteiger partial charge in [-0.1, -0.05) is 38.4 Å². The highest BCUT2D eigenvalue weighted by molar-refractivity contribution is 6.33. The van der Waals surface area contributed by atoms with Gasteiger partial charge in [0.05, 0.1) is 24.8 Å². The molecule has 0 aromatic heterocycles. The fraction of sp³-hybridized carbons (Fsp3) is 0.625. The van der Waals surface area contributed by atoms with Crippen LogP contribution in [-0.2, 0) is 4.74 Å². The maximum absolute atomic E-state index is 13.0. The van der Waals surface area contributed by atoms with Crippen molar-refractivity contribution >= 4 is 17.6 Å². The standard InChI is InChI=1S/C24H31ClO7/c1-11-17(14(27)7-15(31-5)19(11)25)21(29)32-16-9-23(4)18-12(8-22(2,3)20(18)28)6-13(10-26)24(16,23)30/h6-7,12,16,18,20,26-28,30H,8-10H2,1-5H3/t12?,16-,18-,20-,23-,24+/m1/s1. The van der Waals surface area contributed by atoms with Gasteiger partial charge in [-0.15, -0.1) is 0 Å². The van der Waals surface area contributed by atoms with E-state index >= 15 is 0 Å². The van der Waals surface area contributed by atoms with Crippen LogP contribution in [0.3, 0.4) is 0 Å². The summed E-state index contributed by atoms with van der Waals surface area (Å²) in [4.78, 5) is 13.0. The zero-order valence-electron chi connectivity index (χ0n) is 19.0. The number of hydrogen-bond acceptors (Lipinski definition) is 7. The molecule has 1 aromatic carbocycles. The summed E-state index contributed by atoms with van der Waals surface area (Å²) in [5.74, 6) is -1.13. The Morgan fingerprint density at radius 2 is 1.94 bits per heavy atom. The maximum atomic E-state index is 13.0. The van der Waals surface area contributed by atoms with E-state index in [9.17, 15) is 25.2 Å². The number of benzene rings is 1. The number of halogens is 1. The summed E-state index contributed by atoms with van der Waals surface area (Å²) in [7, 11) is 1.40. The van der Waals surface area contributed by atoms with Crippen LogP contribution < -0.4 is 4.74 Å². The second-order valence-electron chi connectivity index (χ2n) is 10.4. The van der Waals surface area contributed by atoms with Crippen LogP contribution in [0.4, 0.5) is 0 Å². The number of carbonyl (C=O) groups excluding carboxylic acids is 1. The second-order valence-corrected chi connectivity index (χ2v) is 10.7. The molecule has 2 saturated carbocycles. The van der Waals surface area contributed by atoms with Crippen LogP contribution in [0.2, 0.25) is 5.02 Å². The van der Waals surface area contributed by atoms with E-state index in [1.165, 1.54) is 13.2 Å². The fourth-order valence-electron chi connectivity index (χ4n) is 6.47. The summed E-state index contributed by atoms with van der Waals surface area (Å²) in [5, 5.41) is 43.4. The topological polar surface area (TPSA) is 116 Å². The summed E-state index contributed by atoms with van der Waals surface area (Å²) < 4.78 is 10.8. The van der Waals surface area contributed by atoms with Crippen LogP contribution in [-0.4, -0.2) is 57.9 Å². The molecule has 0 bridgehead atoms. The van der Waals surface area contributed by atoms with Gasteiger partial charge in [-0.05, 0) is 42.2 Å². The minimum absolute atomic E-state index is 0.0239. The number of esters is 1. The van der Waals surface area contributed by atoms with Crippen LogP contribution in [0, 0.1) is 29.6 Å². The molecule has 0 heterocycles. The molecule has 7 nitrogen and oxygen atoms in total. The van der Waals surface area contributed by atoms with E-state index in [1.54, 1.807) is 6.92 Å². The van der Waals surface area contributed by atoms with E-state index in [2.05, 4.69) is 0 Å². The van der Waals surface area contributed by atoms with Crippen molar-refractivity contribution in [2.45, 2.75) is 58.3 Å². The van der Waals surface area contributed by atoms with Crippen LogP contribution in [0.5, 0.6) is 11.5 Å². The van der Waals surface area contributed by atoms with Crippen molar-refractivity contribution < 1.29 is 34.7 Å². The highest BCUT2D eigenvalue weighted by Gasteiger charge is 2.74. The third-order valence-electron chi connectivity index (χ3n) is 8.24. The number of hydrogen-bond donors (Lipinski definition) is 4. The fourth-order valence-corrected chi connectivity index (χ4v) is 6.70. The van der Waals surface area contributed by atoms with Crippen LogP contribution >= 0.6 is 11.6 Å². The van der Waals surface area contributed by atoms with E-state index in [-0.39, 0.29) is 45.9 Å². The van der Waals surface area contributed by atoms with Crippen molar-refractivity contribution in [2.24, 2.45) is 22.7 Å². The number of methoxy groups -OCH3 is 1. The van der Waals surface area contributed by atoms with Crippen molar-refractivity contribution in [3.63, 3.8) is 0 Å². The average molecular weight is 467 g/mol. The molecule has 176 valence electrons. The number of aliphatic hydroxyl groups excluding tert-OH is 2. The molecule has 32 heavy (non-hydrogen) atoms. The summed E-state index contributed by atoms with van der Waals surface area (Å²) in [6, 6.07) is 1.24. The molecule has 0 spiro atoms. The second kappa shape index (κ2) is 7.35. The van der Waals surface area contributed by atoms with E-state index in [0.29, 0.717) is 17.6 Å². The lowest BCUT2D eigenvalue weighted by Crippen LogP contribution is -2.74. The van der Waals surface area contributed by atoms with Gasteiger partial charge >= 0.3 is 5.97 Å². The normalized spacial score (nSPS) is 37.1. The lowest BCUT2D eigenvalue weighted by atomic mass is 9.43. The molecule has 6 atom stereocenters. The molecule has 0 aliphatic heterocycles. The first kappa shape index (κ1) is 23.4. The molecule has 2 fully saturated rings. The molecular weight excluding hydrogens is 436 g/mol. The Morgan fingerprint density at radius 3 is 2.53 bits per heavy atom. The Hall–Kier alpha value is -1.80. The number of rotatable bonds is 4. The monoisotopic (exact) mass is 466 g/mol. The van der Waals surface area contributed by atoms with Gasteiger partial charge in [0.2, 0.25) is 0 Å². The number of phenolic OH excluding ortho intramolecular Hbond substituents is 1. The zero-order valence-corrected chi connectivity index (χ0v) is 19.7. The number of ether oxygens (including phenoxy) is 2. The van der Waals surface area contributed by atoms with Crippen molar-refractivity contribution in [1.82, 2.24) is 0 Å². The molecule has 1 unspecified atom stereocenters. The lowest BCUT2D eigenvalue weighted by Gasteiger charge is -2.65. The number of aliphatic hydroxyl groups is 3. The average Bonchev–Trinajstić information content (AvgIpc) is 2.95. The molecule has 3 aliphatic rings. The molecular formula is C24H31ClO7. The first-order valence-corrected chi connectivity index (χ1v) is 11.2. The van der Waals surface area contributed by atoms with Gasteiger partial charge < -0.3 is 29.9 Å². The van der Waals surface area contributed by atoms with Gasteiger partial charge in [0.1, 0.15) is 28.8 Å². The minimum Gasteiger partial charge on any atom is -0.507 e. The number of allylic oxidation sites excluding steroid dienone is 1. The van der Waals surface area contributed by atoms with Crippen LogP contribution in [0.15, 0.2) is 17.7 Å². The molecule has 4 rings (SSSR count). The van der Waals surface area contributed by atoms with Crippen molar-refractivity contribution in [3.8, 4) is 11.5 Å². The number of phenols is 1. The first-order valence-electron chi connectivity index (χ1n) is 10.8. The van der Waals surface area contributed by atoms with E-state index in [4.69, 9.17) is 21.1 Å². The Bertz CT molecular complexity index is 1000. The third kappa shape index (κ3) is 2.87. The quantitative estimate of drug-likeness (QED) is 0.398. The van der Waals surface area contributed by atoms with Crippen LogP contribution in [0.25, 0.3) is 0 Å². The summed E-state index contributed by atoms with van der Waals surface area (Å²) in [5.41, 5.74) is -2.10. The SMILES string of the molecule is COc1cc(O)c(C(=O)O[C@@H]2C[C@]3(C)[C@@H]4C(C=C(CO)[C@]23O)CC(C)(C)[C@@H]4O)c(C)c1Cl. The largest absolute Gasteiger partial charge is 0.507 e. The Labute approximate surface area is 192 Å². The molecule has 3 aliphatic carbocycles. The van der Waals surface area contributed by atoms with Gasteiger partial charge in [0.15, 0.2) is 0 Å². The zero-order chi connectivity index (χ0) is 23.8. The third-order valence-corrected chi connectivity index (χ3v) is 8.71. The number of aromatic hydroxyl groups is 1. The Balaban J connectivity index is 1.67. The molecule has 8 heteroatoms. The van der Waals surface area contributed by atoms with Crippen LogP contribution in [0.1, 0.15) is 49.5 Å². The van der Waals surface area contributed by atoms with Gasteiger partial charge in [0.25, 0.3) is 0 Å². The van der Waals surface area contributed by atoms with Gasteiger partial charge in [-0.25, -0.2) is 4.79 Å². The highest BCUT2D eigenvalue weighted by atomic mass is 35.5. The van der Waals surface area contributed by atoms with Gasteiger partial charge in [-0.3, -0.25) is 0 Å². The Kier molecular flexibility index (Phi) is 5.37. The summed E-state index contributed by atoms with van der Waals surface area (Å²) >= 11 is 6.25. The highest BCUT2D eigenvalue weighted by Crippen LogP contribution is 2.68. The molecule has 0 radical (unpaired) electrons. The van der Waals surface area contributed by atoms with Crippen molar-refractivity contribution in [2.75, 3.05) is 13.7 Å².